The molecule has 3 fully saturated rings. The molecule has 3 aromatic carbocycles. The molecule has 3 aliphatic rings. The Morgan fingerprint density at radius 3 is 2.43 bits per heavy atom. The Balaban J connectivity index is 1.34. The topological polar surface area (TPSA) is 91.3 Å². The van der Waals surface area contributed by atoms with Crippen LogP contribution in [0.5, 0.6) is 11.8 Å². The highest BCUT2D eigenvalue weighted by atomic mass is 35.5. The predicted molar refractivity (Wildman–Crippen MR) is 177 cm³/mol. The van der Waals surface area contributed by atoms with E-state index in [1.165, 1.54) is 6.07 Å². The van der Waals surface area contributed by atoms with Gasteiger partial charge in [-0.25, -0.2) is 13.6 Å². The Hall–Kier alpha value is -3.96. The fourth-order valence-corrected chi connectivity index (χ4v) is 7.58. The predicted octanol–water partition coefficient (Wildman–Crippen LogP) is 7.15. The molecule has 9 nitrogen and oxygen atoms in total. The molecule has 3 saturated heterocycles. The largest absolute Gasteiger partial charge is 0.505 e. The fraction of sp³-hybridized carbons (Fsp3) is 0.457. The first-order valence-electron chi connectivity index (χ1n) is 16.1. The Morgan fingerprint density at radius 2 is 1.74 bits per heavy atom. The molecule has 0 aliphatic carbocycles. The average Bonchev–Trinajstić information content (AvgIpc) is 3.55. The van der Waals surface area contributed by atoms with Gasteiger partial charge in [0.05, 0.1) is 17.1 Å². The van der Waals surface area contributed by atoms with Crippen LogP contribution in [0.2, 0.25) is 5.02 Å². The van der Waals surface area contributed by atoms with E-state index in [4.69, 9.17) is 26.1 Å². The van der Waals surface area contributed by atoms with Crippen molar-refractivity contribution < 1.29 is 28.2 Å². The number of amides is 1. The number of fused-ring (bicyclic) bond motifs is 4. The first-order chi connectivity index (χ1) is 22.4. The number of nitrogens with zero attached hydrogens (tertiary/aromatic N) is 5. The number of anilines is 1. The molecule has 1 N–H and O–H groups in total. The summed E-state index contributed by atoms with van der Waals surface area (Å²) in [6.07, 6.45) is 3.26. The van der Waals surface area contributed by atoms with Crippen LogP contribution in [0.25, 0.3) is 32.8 Å². The van der Waals surface area contributed by atoms with Crippen molar-refractivity contribution in [2.24, 2.45) is 0 Å². The number of halogens is 3. The lowest BCUT2D eigenvalue weighted by molar-refractivity contribution is 0.0122. The van der Waals surface area contributed by atoms with Gasteiger partial charge in [-0.2, -0.15) is 9.97 Å². The maximum absolute atomic E-state index is 16.9. The number of carbonyl (C=O) groups is 1. The third kappa shape index (κ3) is 5.77. The number of piperazine rings is 1. The number of hydrogen-bond donors (Lipinski definition) is 1. The number of hydrogen-bond acceptors (Lipinski definition) is 8. The van der Waals surface area contributed by atoms with Crippen LogP contribution in [0.4, 0.5) is 19.4 Å². The molecule has 3 atom stereocenters. The van der Waals surface area contributed by atoms with Crippen LogP contribution < -0.4 is 9.64 Å². The molecule has 0 radical (unpaired) electrons. The van der Waals surface area contributed by atoms with E-state index >= 15 is 8.78 Å². The molecule has 0 saturated carbocycles. The fourth-order valence-electron chi connectivity index (χ4n) is 7.30. The summed E-state index contributed by atoms with van der Waals surface area (Å²) in [5, 5.41) is 11.7. The van der Waals surface area contributed by atoms with E-state index in [1.54, 1.807) is 30.3 Å². The monoisotopic (exact) mass is 665 g/mol. The van der Waals surface area contributed by atoms with Crippen LogP contribution in [0.3, 0.4) is 0 Å². The van der Waals surface area contributed by atoms with E-state index < -0.39 is 23.0 Å². The van der Waals surface area contributed by atoms with Crippen LogP contribution in [-0.2, 0) is 4.74 Å². The zero-order valence-electron chi connectivity index (χ0n) is 26.9. The van der Waals surface area contributed by atoms with Gasteiger partial charge in [0.1, 0.15) is 23.5 Å². The quantitative estimate of drug-likeness (QED) is 0.240. The molecule has 0 unspecified atom stereocenters. The highest BCUT2D eigenvalue weighted by Gasteiger charge is 2.45. The Morgan fingerprint density at radius 1 is 1.02 bits per heavy atom. The van der Waals surface area contributed by atoms with Crippen molar-refractivity contribution >= 4 is 45.2 Å². The van der Waals surface area contributed by atoms with Gasteiger partial charge in [-0.05, 0) is 83.0 Å². The van der Waals surface area contributed by atoms with Crippen LogP contribution in [0.15, 0.2) is 36.4 Å². The van der Waals surface area contributed by atoms with E-state index in [2.05, 4.69) is 9.88 Å². The molecular weight excluding hydrogens is 628 g/mol. The molecule has 1 amide bonds. The number of likely N-dealkylation sites (tertiary alicyclic amines) is 1. The first kappa shape index (κ1) is 31.6. The Labute approximate surface area is 277 Å². The zero-order valence-corrected chi connectivity index (χ0v) is 27.7. The summed E-state index contributed by atoms with van der Waals surface area (Å²) >= 11 is 6.81. The van der Waals surface area contributed by atoms with E-state index in [-0.39, 0.29) is 51.9 Å². The van der Waals surface area contributed by atoms with E-state index in [0.717, 1.165) is 32.2 Å². The van der Waals surface area contributed by atoms with Crippen LogP contribution in [-0.4, -0.2) is 88.0 Å². The van der Waals surface area contributed by atoms with Gasteiger partial charge in [0.2, 0.25) is 0 Å². The summed E-state index contributed by atoms with van der Waals surface area (Å²) in [6, 6.07) is 9.61. The highest BCUT2D eigenvalue weighted by molar-refractivity contribution is 6.35. The van der Waals surface area contributed by atoms with Gasteiger partial charge in [0, 0.05) is 35.6 Å². The van der Waals surface area contributed by atoms with Crippen molar-refractivity contribution in [1.29, 1.82) is 0 Å². The zero-order chi connectivity index (χ0) is 33.2. The van der Waals surface area contributed by atoms with Crippen molar-refractivity contribution in [1.82, 2.24) is 19.8 Å². The van der Waals surface area contributed by atoms with Gasteiger partial charge in [0.15, 0.2) is 17.4 Å². The minimum Gasteiger partial charge on any atom is -0.505 e. The highest BCUT2D eigenvalue weighted by Crippen LogP contribution is 2.45. The summed E-state index contributed by atoms with van der Waals surface area (Å²) in [5.41, 5.74) is -1.05. The number of aromatic nitrogens is 2. The lowest BCUT2D eigenvalue weighted by Crippen LogP contribution is -2.57. The van der Waals surface area contributed by atoms with Crippen LogP contribution in [0.1, 0.15) is 46.5 Å². The first-order valence-corrected chi connectivity index (χ1v) is 16.5. The molecule has 47 heavy (non-hydrogen) atoms. The van der Waals surface area contributed by atoms with Crippen molar-refractivity contribution in [2.75, 3.05) is 38.2 Å². The number of phenols is 1. The molecule has 12 heteroatoms. The van der Waals surface area contributed by atoms with E-state index in [0.29, 0.717) is 41.7 Å². The van der Waals surface area contributed by atoms with Gasteiger partial charge in [0.25, 0.3) is 0 Å². The summed E-state index contributed by atoms with van der Waals surface area (Å²) in [4.78, 5) is 28.5. The maximum Gasteiger partial charge on any atom is 0.410 e. The lowest BCUT2D eigenvalue weighted by Gasteiger charge is -2.42. The summed E-state index contributed by atoms with van der Waals surface area (Å²) in [7, 11) is 2.04. The molecule has 248 valence electrons. The molecule has 7 rings (SSSR count). The van der Waals surface area contributed by atoms with Crippen LogP contribution in [0, 0.1) is 11.6 Å². The third-order valence-corrected chi connectivity index (χ3v) is 9.82. The van der Waals surface area contributed by atoms with Gasteiger partial charge < -0.3 is 24.4 Å². The number of ether oxygens (including phenoxy) is 2. The number of rotatable bonds is 5. The normalized spacial score (nSPS) is 21.6. The number of likely N-dealkylation sites (N-methyl/N-ethyl adjacent to an activating group) is 1. The van der Waals surface area contributed by atoms with Crippen LogP contribution >= 0.6 is 11.6 Å². The molecular formula is C35H38ClF2N5O4. The molecule has 1 aromatic heterocycles. The van der Waals surface area contributed by atoms with Gasteiger partial charge >= 0.3 is 12.1 Å². The Kier molecular flexibility index (Phi) is 8.03. The van der Waals surface area contributed by atoms with Crippen molar-refractivity contribution in [3.63, 3.8) is 0 Å². The Bertz CT molecular complexity index is 1870. The van der Waals surface area contributed by atoms with E-state index in [1.807, 2.05) is 37.6 Å². The third-order valence-electron chi connectivity index (χ3n) is 9.52. The minimum atomic E-state index is -0.978. The van der Waals surface area contributed by atoms with Gasteiger partial charge in [-0.3, -0.25) is 4.90 Å². The smallest absolute Gasteiger partial charge is 0.410 e. The molecule has 0 spiro atoms. The summed E-state index contributed by atoms with van der Waals surface area (Å²) < 4.78 is 44.4. The second kappa shape index (κ2) is 11.9. The second-order valence-corrected chi connectivity index (χ2v) is 14.3. The summed E-state index contributed by atoms with van der Waals surface area (Å²) in [6.45, 7) is 7.71. The standard InChI is InChI=1S/C35H38ClF2N5O4/c1-35(2,3)47-34(45)43-20-11-12-21(43)17-42(16-20)32-24-15-25(36)28(27-23-10-6-5-8-19(23)14-26(44)29(27)37)30(38)31(24)39-33(40-32)46-18-22-9-7-13-41(22)4/h5-6,8,10,14-15,20-22,44H,7,9,11-13,16-18H2,1-4H3/t20-,21+,22-/m0/s1. The molecule has 4 heterocycles. The maximum atomic E-state index is 16.9. The van der Waals surface area contributed by atoms with Crippen molar-refractivity contribution in [3.05, 3.63) is 53.1 Å². The number of aromatic hydroxyl groups is 1. The number of phenolic OH excluding ortho intramolecular Hbond substituents is 1. The van der Waals surface area contributed by atoms with Gasteiger partial charge in [-0.1, -0.05) is 35.9 Å². The number of benzene rings is 3. The second-order valence-electron chi connectivity index (χ2n) is 13.8. The molecule has 4 aromatic rings. The molecule has 2 bridgehead atoms. The van der Waals surface area contributed by atoms with Crippen molar-refractivity contribution in [3.8, 4) is 22.9 Å². The van der Waals surface area contributed by atoms with Gasteiger partial charge in [-0.15, -0.1) is 0 Å². The molecule has 3 aliphatic heterocycles. The van der Waals surface area contributed by atoms with Crippen molar-refractivity contribution in [2.45, 2.75) is 70.2 Å². The lowest BCUT2D eigenvalue weighted by atomic mass is 9.95. The minimum absolute atomic E-state index is 0.00290. The summed E-state index contributed by atoms with van der Waals surface area (Å²) in [5.74, 6) is -2.00. The van der Waals surface area contributed by atoms with E-state index in [9.17, 15) is 9.90 Å². The number of carbonyl (C=O) groups excluding carboxylic acids is 1. The average molecular weight is 666 g/mol. The SMILES string of the molecule is CN1CCC[C@H]1COc1nc(N2C[C@H]3CC[C@@H](C2)N3C(=O)OC(C)(C)C)c2cc(Cl)c(-c3c(F)c(O)cc4ccccc34)c(F)c2n1.